The average Bonchev–Trinajstić information content (AvgIpc) is 1.98. The lowest BCUT2D eigenvalue weighted by Crippen LogP contribution is -2.39. The maximum Gasteiger partial charge on any atom is 0.356 e. The van der Waals surface area contributed by atoms with Crippen molar-refractivity contribution in [1.82, 2.24) is 0 Å². The van der Waals surface area contributed by atoms with Gasteiger partial charge < -0.3 is 30.2 Å². The van der Waals surface area contributed by atoms with Crippen molar-refractivity contribution < 1.29 is 34.8 Å². The minimum Gasteiger partial charge on any atom is -0.394 e. The minimum absolute atomic E-state index is 0.891. The molecule has 12 heavy (non-hydrogen) atoms. The monoisotopic (exact) mass is 202 g/mol. The molecule has 0 saturated heterocycles. The normalized spacial score (nSPS) is 20.2. The van der Waals surface area contributed by atoms with Gasteiger partial charge in [-0.3, -0.25) is 4.57 Å². The van der Waals surface area contributed by atoms with Crippen LogP contribution in [0.5, 0.6) is 0 Å². The second kappa shape index (κ2) is 4.29. The first kappa shape index (κ1) is 12.0. The molecule has 8 heteroatoms. The highest BCUT2D eigenvalue weighted by molar-refractivity contribution is 7.52. The van der Waals surface area contributed by atoms with Gasteiger partial charge in [-0.1, -0.05) is 0 Å². The van der Waals surface area contributed by atoms with E-state index >= 15 is 0 Å². The zero-order chi connectivity index (χ0) is 9.94. The fraction of sp³-hybridized carbons (Fsp3) is 1.00. The first-order valence-electron chi connectivity index (χ1n) is 3.01. The Morgan fingerprint density at radius 1 is 1.17 bits per heavy atom. The van der Waals surface area contributed by atoms with Crippen molar-refractivity contribution in [2.24, 2.45) is 0 Å². The Hall–Kier alpha value is -0.0100. The van der Waals surface area contributed by atoms with Crippen LogP contribution >= 0.6 is 7.60 Å². The minimum atomic E-state index is -4.85. The highest BCUT2D eigenvalue weighted by Gasteiger charge is 2.36. The molecule has 0 bridgehead atoms. The molecule has 0 aromatic heterocycles. The van der Waals surface area contributed by atoms with Gasteiger partial charge >= 0.3 is 7.60 Å². The SMILES string of the molecule is O=P(O)(O)C(O)[C@H](O)[C@H](O)CO. The molecular formula is C4H11O7P. The van der Waals surface area contributed by atoms with Crippen LogP contribution in [0.1, 0.15) is 0 Å². The summed E-state index contributed by atoms with van der Waals surface area (Å²) in [6.45, 7) is -0.891. The molecule has 0 aromatic rings. The van der Waals surface area contributed by atoms with Crippen LogP contribution in [0.25, 0.3) is 0 Å². The molecule has 6 N–H and O–H groups in total. The molecule has 0 saturated carbocycles. The smallest absolute Gasteiger partial charge is 0.356 e. The summed E-state index contributed by atoms with van der Waals surface area (Å²) < 4.78 is 10.3. The lowest BCUT2D eigenvalue weighted by molar-refractivity contribution is -0.0573. The van der Waals surface area contributed by atoms with Crippen molar-refractivity contribution in [1.29, 1.82) is 0 Å². The summed E-state index contributed by atoms with van der Waals surface area (Å²) in [6.07, 6.45) is -3.83. The molecule has 0 aliphatic rings. The maximum atomic E-state index is 10.3. The molecule has 0 spiro atoms. The van der Waals surface area contributed by atoms with E-state index in [2.05, 4.69) is 0 Å². The fourth-order valence-electron chi connectivity index (χ4n) is 0.506. The van der Waals surface area contributed by atoms with Crippen LogP contribution in [0.4, 0.5) is 0 Å². The van der Waals surface area contributed by atoms with E-state index in [0.717, 1.165) is 0 Å². The van der Waals surface area contributed by atoms with Crippen LogP contribution < -0.4 is 0 Å². The Bertz CT molecular complexity index is 176. The summed E-state index contributed by atoms with van der Waals surface area (Å²) in [7, 11) is -4.85. The molecule has 3 atom stereocenters. The first-order valence-corrected chi connectivity index (χ1v) is 4.69. The van der Waals surface area contributed by atoms with Gasteiger partial charge in [0.2, 0.25) is 0 Å². The number of aliphatic hydroxyl groups excluding tert-OH is 4. The Kier molecular flexibility index (Phi) is 4.29. The Morgan fingerprint density at radius 3 is 1.83 bits per heavy atom. The Balaban J connectivity index is 4.29. The number of aliphatic hydroxyl groups is 4. The topological polar surface area (TPSA) is 138 Å². The lowest BCUT2D eigenvalue weighted by atomic mass is 10.2. The highest BCUT2D eigenvalue weighted by Crippen LogP contribution is 2.41. The molecule has 0 heterocycles. The van der Waals surface area contributed by atoms with Crippen molar-refractivity contribution in [3.05, 3.63) is 0 Å². The van der Waals surface area contributed by atoms with E-state index in [1.165, 1.54) is 0 Å². The van der Waals surface area contributed by atoms with E-state index in [-0.39, 0.29) is 0 Å². The molecule has 0 aliphatic heterocycles. The molecule has 1 unspecified atom stereocenters. The first-order chi connectivity index (χ1) is 5.30. The molecule has 0 aliphatic carbocycles. The van der Waals surface area contributed by atoms with Crippen molar-refractivity contribution in [2.75, 3.05) is 6.61 Å². The summed E-state index contributed by atoms with van der Waals surface area (Å²) in [5, 5.41) is 34.3. The lowest BCUT2D eigenvalue weighted by Gasteiger charge is -2.21. The molecular weight excluding hydrogens is 191 g/mol. The van der Waals surface area contributed by atoms with E-state index in [9.17, 15) is 4.57 Å². The summed E-state index contributed by atoms with van der Waals surface area (Å²) in [5.41, 5.74) is 0. The van der Waals surface area contributed by atoms with Gasteiger partial charge in [-0.05, 0) is 0 Å². The van der Waals surface area contributed by atoms with Gasteiger partial charge in [0.15, 0.2) is 5.85 Å². The van der Waals surface area contributed by atoms with Gasteiger partial charge in [-0.15, -0.1) is 0 Å². The molecule has 0 rings (SSSR count). The molecule has 0 aromatic carbocycles. The van der Waals surface area contributed by atoms with Crippen molar-refractivity contribution in [3.63, 3.8) is 0 Å². The molecule has 0 amide bonds. The molecule has 74 valence electrons. The Morgan fingerprint density at radius 2 is 1.58 bits per heavy atom. The third-order valence-electron chi connectivity index (χ3n) is 1.23. The standard InChI is InChI=1S/C4H11O7P/c5-1-2(6)3(7)4(8)12(9,10)11/h2-8H,1H2,(H2,9,10,11)/t2-,3-,4?/m1/s1. The van der Waals surface area contributed by atoms with Crippen LogP contribution in [0.3, 0.4) is 0 Å². The van der Waals surface area contributed by atoms with E-state index in [0.29, 0.717) is 0 Å². The maximum absolute atomic E-state index is 10.3. The fourth-order valence-corrected chi connectivity index (χ4v) is 1.10. The molecule has 0 fully saturated rings. The van der Waals surface area contributed by atoms with Crippen LogP contribution in [0, 0.1) is 0 Å². The third kappa shape index (κ3) is 3.16. The average molecular weight is 202 g/mol. The number of hydrogen-bond donors (Lipinski definition) is 6. The van der Waals surface area contributed by atoms with Crippen LogP contribution in [0.15, 0.2) is 0 Å². The van der Waals surface area contributed by atoms with E-state index in [1.807, 2.05) is 0 Å². The van der Waals surface area contributed by atoms with Crippen LogP contribution in [-0.4, -0.2) is 54.9 Å². The van der Waals surface area contributed by atoms with E-state index in [1.54, 1.807) is 0 Å². The second-order valence-electron chi connectivity index (χ2n) is 2.24. The number of rotatable bonds is 4. The van der Waals surface area contributed by atoms with Crippen LogP contribution in [-0.2, 0) is 4.57 Å². The van der Waals surface area contributed by atoms with Crippen molar-refractivity contribution in [2.45, 2.75) is 18.1 Å². The zero-order valence-corrected chi connectivity index (χ0v) is 6.87. The van der Waals surface area contributed by atoms with Gasteiger partial charge in [0.25, 0.3) is 0 Å². The van der Waals surface area contributed by atoms with E-state index < -0.39 is 32.3 Å². The summed E-state index contributed by atoms with van der Waals surface area (Å²) >= 11 is 0. The zero-order valence-electron chi connectivity index (χ0n) is 5.98. The summed E-state index contributed by atoms with van der Waals surface area (Å²) in [5.74, 6) is -2.38. The summed E-state index contributed by atoms with van der Waals surface area (Å²) in [4.78, 5) is 16.6. The van der Waals surface area contributed by atoms with Crippen molar-refractivity contribution in [3.8, 4) is 0 Å². The molecule has 7 nitrogen and oxygen atoms in total. The third-order valence-corrected chi connectivity index (χ3v) is 2.23. The van der Waals surface area contributed by atoms with Gasteiger partial charge in [0, 0.05) is 0 Å². The van der Waals surface area contributed by atoms with Crippen molar-refractivity contribution >= 4 is 7.60 Å². The molecule has 0 radical (unpaired) electrons. The Labute approximate surface area is 68.1 Å². The van der Waals surface area contributed by atoms with Gasteiger partial charge in [-0.25, -0.2) is 0 Å². The summed E-state index contributed by atoms with van der Waals surface area (Å²) in [6, 6.07) is 0. The van der Waals surface area contributed by atoms with Gasteiger partial charge in [-0.2, -0.15) is 0 Å². The number of hydrogen-bond acceptors (Lipinski definition) is 5. The van der Waals surface area contributed by atoms with E-state index in [4.69, 9.17) is 30.2 Å². The second-order valence-corrected chi connectivity index (χ2v) is 3.95. The van der Waals surface area contributed by atoms with Gasteiger partial charge in [0.05, 0.1) is 6.61 Å². The predicted octanol–water partition coefficient (Wildman–Crippen LogP) is -2.80. The highest BCUT2D eigenvalue weighted by atomic mass is 31.2. The predicted molar refractivity (Wildman–Crippen MR) is 37.2 cm³/mol. The quantitative estimate of drug-likeness (QED) is 0.270. The van der Waals surface area contributed by atoms with Gasteiger partial charge in [0.1, 0.15) is 12.2 Å². The van der Waals surface area contributed by atoms with Crippen LogP contribution in [0.2, 0.25) is 0 Å². The largest absolute Gasteiger partial charge is 0.394 e.